The number of benzene rings is 1. The highest BCUT2D eigenvalue weighted by Crippen LogP contribution is 2.24. The predicted molar refractivity (Wildman–Crippen MR) is 86.1 cm³/mol. The van der Waals surface area contributed by atoms with E-state index in [1.165, 1.54) is 6.21 Å². The van der Waals surface area contributed by atoms with Gasteiger partial charge in [0.1, 0.15) is 11.5 Å². The van der Waals surface area contributed by atoms with Crippen LogP contribution in [0.3, 0.4) is 0 Å². The Morgan fingerprint density at radius 3 is 2.78 bits per heavy atom. The van der Waals surface area contributed by atoms with Gasteiger partial charge in [-0.05, 0) is 31.2 Å². The van der Waals surface area contributed by atoms with Gasteiger partial charge in [0, 0.05) is 18.7 Å². The zero-order valence-corrected chi connectivity index (χ0v) is 12.7. The molecule has 1 aliphatic heterocycles. The first-order chi connectivity index (χ1) is 11.1. The van der Waals surface area contributed by atoms with Crippen LogP contribution in [0, 0.1) is 12.8 Å². The normalized spacial score (nSPS) is 17.9. The highest BCUT2D eigenvalue weighted by Gasteiger charge is 2.34. The highest BCUT2D eigenvalue weighted by molar-refractivity contribution is 6.00. The quantitative estimate of drug-likeness (QED) is 0.694. The molecule has 1 aromatic heterocycles. The van der Waals surface area contributed by atoms with Gasteiger partial charge in [-0.15, -0.1) is 0 Å². The van der Waals surface area contributed by atoms with E-state index in [0.29, 0.717) is 12.3 Å². The molecule has 6 heteroatoms. The van der Waals surface area contributed by atoms with Gasteiger partial charge in [0.05, 0.1) is 12.1 Å². The number of furan rings is 1. The molecule has 118 valence electrons. The Bertz CT molecular complexity index is 737. The molecule has 3 rings (SSSR count). The van der Waals surface area contributed by atoms with Crippen LogP contribution in [0.2, 0.25) is 0 Å². The summed E-state index contributed by atoms with van der Waals surface area (Å²) in [5.74, 6) is 0.616. The van der Waals surface area contributed by atoms with E-state index >= 15 is 0 Å². The maximum atomic E-state index is 12.1. The Balaban J connectivity index is 1.58. The first-order valence-electron chi connectivity index (χ1n) is 7.38. The molecule has 2 heterocycles. The lowest BCUT2D eigenvalue weighted by Crippen LogP contribution is -2.30. The Kier molecular flexibility index (Phi) is 4.23. The van der Waals surface area contributed by atoms with Gasteiger partial charge in [-0.3, -0.25) is 9.59 Å². The molecule has 1 aliphatic rings. The van der Waals surface area contributed by atoms with Crippen molar-refractivity contribution in [1.82, 2.24) is 5.43 Å². The third-order valence-corrected chi connectivity index (χ3v) is 3.69. The molecule has 2 aromatic rings. The van der Waals surface area contributed by atoms with E-state index < -0.39 is 5.92 Å². The number of nitrogens with one attached hydrogen (secondary N) is 1. The molecule has 2 amide bonds. The van der Waals surface area contributed by atoms with Crippen LogP contribution in [0.1, 0.15) is 17.9 Å². The van der Waals surface area contributed by atoms with E-state index in [-0.39, 0.29) is 18.2 Å². The molecule has 1 atom stereocenters. The molecular weight excluding hydrogens is 294 g/mol. The fourth-order valence-corrected chi connectivity index (χ4v) is 2.51. The van der Waals surface area contributed by atoms with Crippen molar-refractivity contribution in [3.05, 3.63) is 54.0 Å². The van der Waals surface area contributed by atoms with Crippen LogP contribution in [0.15, 0.2) is 52.0 Å². The van der Waals surface area contributed by atoms with Gasteiger partial charge in [-0.25, -0.2) is 5.43 Å². The van der Waals surface area contributed by atoms with E-state index in [2.05, 4.69) is 10.5 Å². The lowest BCUT2D eigenvalue weighted by atomic mass is 10.1. The molecular formula is C17H17N3O3. The summed E-state index contributed by atoms with van der Waals surface area (Å²) in [5, 5.41) is 3.87. The van der Waals surface area contributed by atoms with E-state index in [9.17, 15) is 9.59 Å². The lowest BCUT2D eigenvalue weighted by Gasteiger charge is -2.16. The topological polar surface area (TPSA) is 74.9 Å². The van der Waals surface area contributed by atoms with Crippen molar-refractivity contribution < 1.29 is 14.0 Å². The van der Waals surface area contributed by atoms with Crippen LogP contribution in [0.5, 0.6) is 0 Å². The molecule has 23 heavy (non-hydrogen) atoms. The number of nitrogens with zero attached hydrogens (tertiary/aromatic N) is 2. The fourth-order valence-electron chi connectivity index (χ4n) is 2.51. The van der Waals surface area contributed by atoms with Gasteiger partial charge in [-0.2, -0.15) is 5.10 Å². The number of amides is 2. The second kappa shape index (κ2) is 6.48. The zero-order valence-electron chi connectivity index (χ0n) is 12.7. The fraction of sp³-hybridized carbons (Fsp3) is 0.235. The molecule has 0 unspecified atom stereocenters. The monoisotopic (exact) mass is 311 g/mol. The highest BCUT2D eigenvalue weighted by atomic mass is 16.3. The standard InChI is InChI=1S/C17H17N3O3/c1-12-7-8-15(23-12)10-18-19-17(22)13-9-16(21)20(11-13)14-5-3-2-4-6-14/h2-8,10,13H,9,11H2,1H3,(H,19,22)/b18-10+/t13-/m1/s1. The number of carbonyl (C=O) groups is 2. The minimum absolute atomic E-state index is 0.0537. The van der Waals surface area contributed by atoms with Crippen molar-refractivity contribution in [2.75, 3.05) is 11.4 Å². The van der Waals surface area contributed by atoms with E-state index in [1.54, 1.807) is 11.0 Å². The van der Waals surface area contributed by atoms with Crippen LogP contribution in [0.25, 0.3) is 0 Å². The second-order valence-electron chi connectivity index (χ2n) is 5.42. The minimum atomic E-state index is -0.404. The molecule has 1 N–H and O–H groups in total. The first-order valence-corrected chi connectivity index (χ1v) is 7.38. The van der Waals surface area contributed by atoms with Crippen LogP contribution >= 0.6 is 0 Å². The number of anilines is 1. The lowest BCUT2D eigenvalue weighted by molar-refractivity contribution is -0.126. The van der Waals surface area contributed by atoms with E-state index in [4.69, 9.17) is 4.42 Å². The van der Waals surface area contributed by atoms with Crippen molar-refractivity contribution in [1.29, 1.82) is 0 Å². The Morgan fingerprint density at radius 2 is 2.09 bits per heavy atom. The van der Waals surface area contributed by atoms with Gasteiger partial charge in [-0.1, -0.05) is 18.2 Å². The molecule has 1 saturated heterocycles. The Hall–Kier alpha value is -2.89. The van der Waals surface area contributed by atoms with Crippen molar-refractivity contribution in [3.63, 3.8) is 0 Å². The number of rotatable bonds is 4. The molecule has 0 aliphatic carbocycles. The van der Waals surface area contributed by atoms with Crippen LogP contribution < -0.4 is 10.3 Å². The van der Waals surface area contributed by atoms with Crippen molar-refractivity contribution in [3.8, 4) is 0 Å². The number of para-hydroxylation sites is 1. The molecule has 0 radical (unpaired) electrons. The summed E-state index contributed by atoms with van der Waals surface area (Å²) in [6.07, 6.45) is 1.63. The number of hydrazone groups is 1. The maximum absolute atomic E-state index is 12.1. The van der Waals surface area contributed by atoms with Gasteiger partial charge < -0.3 is 9.32 Å². The molecule has 0 spiro atoms. The zero-order chi connectivity index (χ0) is 16.2. The van der Waals surface area contributed by atoms with Gasteiger partial charge in [0.25, 0.3) is 0 Å². The summed E-state index contributed by atoms with van der Waals surface area (Å²) in [5.41, 5.74) is 3.27. The maximum Gasteiger partial charge on any atom is 0.245 e. The first kappa shape index (κ1) is 15.0. The Labute approximate surface area is 133 Å². The van der Waals surface area contributed by atoms with Crippen LogP contribution in [-0.2, 0) is 9.59 Å². The van der Waals surface area contributed by atoms with E-state index in [0.717, 1.165) is 11.4 Å². The largest absolute Gasteiger partial charge is 0.460 e. The minimum Gasteiger partial charge on any atom is -0.460 e. The average molecular weight is 311 g/mol. The van der Waals surface area contributed by atoms with Gasteiger partial charge >= 0.3 is 0 Å². The average Bonchev–Trinajstić information content (AvgIpc) is 3.14. The number of aryl methyl sites for hydroxylation is 1. The smallest absolute Gasteiger partial charge is 0.245 e. The summed E-state index contributed by atoms with van der Waals surface area (Å²) < 4.78 is 5.32. The van der Waals surface area contributed by atoms with Crippen molar-refractivity contribution in [2.45, 2.75) is 13.3 Å². The molecule has 0 bridgehead atoms. The Morgan fingerprint density at radius 1 is 1.30 bits per heavy atom. The summed E-state index contributed by atoms with van der Waals surface area (Å²) in [6.45, 7) is 2.20. The van der Waals surface area contributed by atoms with Crippen LogP contribution in [0.4, 0.5) is 5.69 Å². The summed E-state index contributed by atoms with van der Waals surface area (Å²) in [4.78, 5) is 25.8. The SMILES string of the molecule is Cc1ccc(/C=N/NC(=O)[C@@H]2CC(=O)N(c3ccccc3)C2)o1. The molecule has 1 aromatic carbocycles. The number of hydrogen-bond donors (Lipinski definition) is 1. The summed E-state index contributed by atoms with van der Waals surface area (Å²) in [6, 6.07) is 12.9. The summed E-state index contributed by atoms with van der Waals surface area (Å²) in [7, 11) is 0. The second-order valence-corrected chi connectivity index (χ2v) is 5.42. The molecule has 6 nitrogen and oxygen atoms in total. The van der Waals surface area contributed by atoms with Crippen molar-refractivity contribution in [2.24, 2.45) is 11.0 Å². The third kappa shape index (κ3) is 3.48. The number of hydrogen-bond acceptors (Lipinski definition) is 4. The summed E-state index contributed by atoms with van der Waals surface area (Å²) >= 11 is 0. The predicted octanol–water partition coefficient (Wildman–Crippen LogP) is 2.09. The third-order valence-electron chi connectivity index (χ3n) is 3.69. The van der Waals surface area contributed by atoms with Crippen molar-refractivity contribution >= 4 is 23.7 Å². The molecule has 1 fully saturated rings. The van der Waals surface area contributed by atoms with Gasteiger partial charge in [0.2, 0.25) is 11.8 Å². The van der Waals surface area contributed by atoms with Crippen LogP contribution in [-0.4, -0.2) is 24.6 Å². The van der Waals surface area contributed by atoms with Gasteiger partial charge in [0.15, 0.2) is 0 Å². The molecule has 0 saturated carbocycles. The number of carbonyl (C=O) groups excluding carboxylic acids is 2. The van der Waals surface area contributed by atoms with E-state index in [1.807, 2.05) is 43.3 Å².